The van der Waals surface area contributed by atoms with Crippen molar-refractivity contribution >= 4 is 0 Å². The average Bonchev–Trinajstić information content (AvgIpc) is 2.14. The lowest BCUT2D eigenvalue weighted by Gasteiger charge is -2.33. The van der Waals surface area contributed by atoms with Crippen LogP contribution in [0.25, 0.3) is 0 Å². The Labute approximate surface area is 99.4 Å². The lowest BCUT2D eigenvalue weighted by molar-refractivity contribution is -0.195. The van der Waals surface area contributed by atoms with Gasteiger partial charge in [-0.3, -0.25) is 0 Å². The second kappa shape index (κ2) is 6.02. The molecule has 0 aliphatic carbocycles. The molecule has 6 heteroatoms. The molecular formula is C11H20F3NO2. The quantitative estimate of drug-likeness (QED) is 0.836. The third-order valence-corrected chi connectivity index (χ3v) is 2.93. The van der Waals surface area contributed by atoms with Crippen molar-refractivity contribution in [3.8, 4) is 0 Å². The molecule has 0 aromatic rings. The number of ether oxygens (including phenoxy) is 2. The molecule has 3 atom stereocenters. The second-order valence-electron chi connectivity index (χ2n) is 4.66. The molecule has 0 bridgehead atoms. The van der Waals surface area contributed by atoms with E-state index in [9.17, 15) is 13.2 Å². The first kappa shape index (κ1) is 14.7. The molecule has 1 heterocycles. The molecular weight excluding hydrogens is 235 g/mol. The normalized spacial score (nSPS) is 32.5. The molecule has 0 aromatic heterocycles. The van der Waals surface area contributed by atoms with Gasteiger partial charge in [0.1, 0.15) is 0 Å². The van der Waals surface area contributed by atoms with Crippen LogP contribution in [0.3, 0.4) is 0 Å². The lowest BCUT2D eigenvalue weighted by atomic mass is 10.0. The first-order valence-electron chi connectivity index (χ1n) is 5.86. The highest BCUT2D eigenvalue weighted by Crippen LogP contribution is 2.28. The van der Waals surface area contributed by atoms with Crippen molar-refractivity contribution in [2.24, 2.45) is 11.7 Å². The van der Waals surface area contributed by atoms with Crippen LogP contribution in [0, 0.1) is 5.92 Å². The minimum absolute atomic E-state index is 0.0333. The Bertz CT molecular complexity index is 225. The molecule has 0 aromatic carbocycles. The van der Waals surface area contributed by atoms with E-state index in [0.29, 0.717) is 12.8 Å². The van der Waals surface area contributed by atoms with Gasteiger partial charge in [0.05, 0.1) is 30.8 Å². The Balaban J connectivity index is 2.39. The van der Waals surface area contributed by atoms with Crippen LogP contribution in [0.4, 0.5) is 13.2 Å². The summed E-state index contributed by atoms with van der Waals surface area (Å²) in [5, 5.41) is 0. The number of rotatable bonds is 4. The minimum Gasteiger partial charge on any atom is -0.377 e. The summed E-state index contributed by atoms with van der Waals surface area (Å²) in [4.78, 5) is 0. The maximum Gasteiger partial charge on any atom is 0.395 e. The first-order valence-corrected chi connectivity index (χ1v) is 5.86. The molecule has 3 unspecified atom stereocenters. The van der Waals surface area contributed by atoms with Gasteiger partial charge in [0, 0.05) is 6.54 Å². The van der Waals surface area contributed by atoms with Crippen molar-refractivity contribution in [3.05, 3.63) is 0 Å². The molecule has 0 spiro atoms. The molecule has 17 heavy (non-hydrogen) atoms. The fourth-order valence-corrected chi connectivity index (χ4v) is 2.03. The van der Waals surface area contributed by atoms with Crippen LogP contribution >= 0.6 is 0 Å². The van der Waals surface area contributed by atoms with E-state index in [-0.39, 0.29) is 24.9 Å². The van der Waals surface area contributed by atoms with Gasteiger partial charge in [0.25, 0.3) is 0 Å². The van der Waals surface area contributed by atoms with Crippen molar-refractivity contribution < 1.29 is 22.6 Å². The van der Waals surface area contributed by atoms with Crippen molar-refractivity contribution in [3.63, 3.8) is 0 Å². The zero-order valence-electron chi connectivity index (χ0n) is 10.2. The maximum absolute atomic E-state index is 12.4. The maximum atomic E-state index is 12.4. The third-order valence-electron chi connectivity index (χ3n) is 2.93. The predicted molar refractivity (Wildman–Crippen MR) is 57.6 cm³/mol. The molecule has 1 aliphatic heterocycles. The average molecular weight is 255 g/mol. The van der Waals surface area contributed by atoms with E-state index in [4.69, 9.17) is 15.2 Å². The van der Waals surface area contributed by atoms with Crippen molar-refractivity contribution in [1.29, 1.82) is 0 Å². The van der Waals surface area contributed by atoms with Gasteiger partial charge in [0.15, 0.2) is 0 Å². The Hall–Kier alpha value is -0.330. The summed E-state index contributed by atoms with van der Waals surface area (Å²) in [6.07, 6.45) is -3.10. The largest absolute Gasteiger partial charge is 0.395 e. The van der Waals surface area contributed by atoms with E-state index in [0.717, 1.165) is 0 Å². The summed E-state index contributed by atoms with van der Waals surface area (Å²) in [6, 6.07) is 0. The van der Waals surface area contributed by atoms with Crippen LogP contribution in [-0.2, 0) is 9.47 Å². The standard InChI is InChI=1S/C11H20F3NO2/c1-7-3-10(4-8(2)17-7)16-6-9(5-15)11(12,13)14/h7-10H,3-6,15H2,1-2H3. The summed E-state index contributed by atoms with van der Waals surface area (Å²) in [5.74, 6) is -1.57. The Kier molecular flexibility index (Phi) is 5.22. The van der Waals surface area contributed by atoms with Gasteiger partial charge in [-0.25, -0.2) is 0 Å². The third kappa shape index (κ3) is 4.81. The Morgan fingerprint density at radius 3 is 2.24 bits per heavy atom. The molecule has 102 valence electrons. The van der Waals surface area contributed by atoms with Gasteiger partial charge in [-0.05, 0) is 26.7 Å². The van der Waals surface area contributed by atoms with Gasteiger partial charge in [0.2, 0.25) is 0 Å². The monoisotopic (exact) mass is 255 g/mol. The Morgan fingerprint density at radius 1 is 1.29 bits per heavy atom. The van der Waals surface area contributed by atoms with Crippen LogP contribution in [0.5, 0.6) is 0 Å². The zero-order valence-corrected chi connectivity index (χ0v) is 10.2. The predicted octanol–water partition coefficient (Wildman–Crippen LogP) is 2.10. The number of hydrogen-bond donors (Lipinski definition) is 1. The molecule has 0 radical (unpaired) electrons. The number of alkyl halides is 3. The van der Waals surface area contributed by atoms with Crippen LogP contribution in [0.1, 0.15) is 26.7 Å². The van der Waals surface area contributed by atoms with Crippen LogP contribution < -0.4 is 5.73 Å². The molecule has 1 saturated heterocycles. The first-order chi connectivity index (χ1) is 7.82. The molecule has 1 fully saturated rings. The molecule has 0 amide bonds. The van der Waals surface area contributed by atoms with E-state index in [1.807, 2.05) is 13.8 Å². The van der Waals surface area contributed by atoms with E-state index in [1.54, 1.807) is 0 Å². The van der Waals surface area contributed by atoms with E-state index < -0.39 is 18.6 Å². The molecule has 3 nitrogen and oxygen atoms in total. The van der Waals surface area contributed by atoms with Crippen molar-refractivity contribution in [2.45, 2.75) is 51.2 Å². The smallest absolute Gasteiger partial charge is 0.377 e. The molecule has 1 rings (SSSR count). The summed E-state index contributed by atoms with van der Waals surface area (Å²) < 4.78 is 48.1. The minimum atomic E-state index is -4.28. The van der Waals surface area contributed by atoms with Gasteiger partial charge >= 0.3 is 6.18 Å². The number of halogens is 3. The number of hydrogen-bond acceptors (Lipinski definition) is 3. The highest BCUT2D eigenvalue weighted by atomic mass is 19.4. The molecule has 2 N–H and O–H groups in total. The SMILES string of the molecule is CC1CC(OCC(CN)C(F)(F)F)CC(C)O1. The van der Waals surface area contributed by atoms with Crippen molar-refractivity contribution in [2.75, 3.05) is 13.2 Å². The summed E-state index contributed by atoms with van der Waals surface area (Å²) in [6.45, 7) is 3.01. The van der Waals surface area contributed by atoms with Crippen LogP contribution in [0.15, 0.2) is 0 Å². The van der Waals surface area contributed by atoms with Crippen molar-refractivity contribution in [1.82, 2.24) is 0 Å². The van der Waals surface area contributed by atoms with Gasteiger partial charge in [-0.1, -0.05) is 0 Å². The second-order valence-corrected chi connectivity index (χ2v) is 4.66. The summed E-state index contributed by atoms with van der Waals surface area (Å²) >= 11 is 0. The highest BCUT2D eigenvalue weighted by molar-refractivity contribution is 4.75. The molecule has 1 aliphatic rings. The van der Waals surface area contributed by atoms with E-state index in [2.05, 4.69) is 0 Å². The van der Waals surface area contributed by atoms with Crippen LogP contribution in [0.2, 0.25) is 0 Å². The van der Waals surface area contributed by atoms with E-state index in [1.165, 1.54) is 0 Å². The fraction of sp³-hybridized carbons (Fsp3) is 1.00. The van der Waals surface area contributed by atoms with Gasteiger partial charge < -0.3 is 15.2 Å². The van der Waals surface area contributed by atoms with Gasteiger partial charge in [-0.15, -0.1) is 0 Å². The molecule has 0 saturated carbocycles. The van der Waals surface area contributed by atoms with Gasteiger partial charge in [-0.2, -0.15) is 13.2 Å². The summed E-state index contributed by atoms with van der Waals surface area (Å²) in [5.41, 5.74) is 5.10. The highest BCUT2D eigenvalue weighted by Gasteiger charge is 2.39. The Morgan fingerprint density at radius 2 is 1.82 bits per heavy atom. The number of nitrogens with two attached hydrogens (primary N) is 1. The zero-order chi connectivity index (χ0) is 13.1. The summed E-state index contributed by atoms with van der Waals surface area (Å²) in [7, 11) is 0. The van der Waals surface area contributed by atoms with Crippen LogP contribution in [-0.4, -0.2) is 37.6 Å². The lowest BCUT2D eigenvalue weighted by Crippen LogP contribution is -2.39. The van der Waals surface area contributed by atoms with E-state index >= 15 is 0 Å². The fourth-order valence-electron chi connectivity index (χ4n) is 2.03. The topological polar surface area (TPSA) is 44.5 Å².